The highest BCUT2D eigenvalue weighted by molar-refractivity contribution is 8.30. The highest BCUT2D eigenvalue weighted by Gasteiger charge is 2.35. The molecule has 0 aliphatic rings. The van der Waals surface area contributed by atoms with Gasteiger partial charge in [-0.25, -0.2) is 0 Å². The highest BCUT2D eigenvalue weighted by atomic mass is 32.3. The Bertz CT molecular complexity index is 115. The van der Waals surface area contributed by atoms with Gasteiger partial charge in [0.15, 0.2) is 0 Å². The van der Waals surface area contributed by atoms with Crippen LogP contribution in [0.1, 0.15) is 27.7 Å². The second-order valence-corrected chi connectivity index (χ2v) is 8.99. The Morgan fingerprint density at radius 3 is 0.923 bits per heavy atom. The minimum atomic E-state index is -0.796. The molecular weight excluding hydrogens is 180 g/mol. The molecule has 0 heterocycles. The summed E-state index contributed by atoms with van der Waals surface area (Å²) in [6.07, 6.45) is 0. The van der Waals surface area contributed by atoms with Crippen LogP contribution in [0.5, 0.6) is 0 Å². The van der Waals surface area contributed by atoms with E-state index in [1.807, 2.05) is 0 Å². The van der Waals surface area contributed by atoms with Crippen molar-refractivity contribution in [2.45, 2.75) is 38.2 Å². The first-order valence-electron chi connectivity index (χ1n) is 4.93. The average molecular weight is 206 g/mol. The van der Waals surface area contributed by atoms with E-state index >= 15 is 0 Å². The van der Waals surface area contributed by atoms with Gasteiger partial charge in [0.2, 0.25) is 0 Å². The summed E-state index contributed by atoms with van der Waals surface area (Å²) >= 11 is 0. The van der Waals surface area contributed by atoms with Crippen LogP contribution in [0.4, 0.5) is 0 Å². The van der Waals surface area contributed by atoms with Gasteiger partial charge in [0.1, 0.15) is 0 Å². The van der Waals surface area contributed by atoms with E-state index in [9.17, 15) is 0 Å². The quantitative estimate of drug-likeness (QED) is 0.697. The fraction of sp³-hybridized carbons (Fsp3) is 1.00. The Morgan fingerprint density at radius 2 is 0.923 bits per heavy atom. The molecule has 0 amide bonds. The molecule has 0 aliphatic carbocycles. The molecular formula is C10H26N2S. The van der Waals surface area contributed by atoms with Crippen LogP contribution in [-0.4, -0.2) is 47.3 Å². The van der Waals surface area contributed by atoms with Gasteiger partial charge in [-0.05, 0) is 28.2 Å². The molecule has 13 heavy (non-hydrogen) atoms. The fourth-order valence-corrected chi connectivity index (χ4v) is 7.67. The van der Waals surface area contributed by atoms with E-state index in [-0.39, 0.29) is 0 Å². The Labute approximate surface area is 85.9 Å². The van der Waals surface area contributed by atoms with Crippen molar-refractivity contribution in [1.82, 2.24) is 8.61 Å². The topological polar surface area (TPSA) is 6.48 Å². The first-order valence-corrected chi connectivity index (χ1v) is 6.61. The number of hydrogen-bond acceptors (Lipinski definition) is 2. The Morgan fingerprint density at radius 1 is 0.692 bits per heavy atom. The summed E-state index contributed by atoms with van der Waals surface area (Å²) in [5.41, 5.74) is 0. The molecule has 0 aromatic rings. The van der Waals surface area contributed by atoms with E-state index in [1.54, 1.807) is 0 Å². The van der Waals surface area contributed by atoms with Crippen molar-refractivity contribution in [2.75, 3.05) is 28.2 Å². The van der Waals surface area contributed by atoms with Gasteiger partial charge in [-0.2, -0.15) is 0 Å². The summed E-state index contributed by atoms with van der Waals surface area (Å²) in [6, 6.07) is 0. The lowest BCUT2D eigenvalue weighted by molar-refractivity contribution is 0.554. The molecule has 0 saturated heterocycles. The monoisotopic (exact) mass is 206 g/mol. The third kappa shape index (κ3) is 2.20. The van der Waals surface area contributed by atoms with E-state index in [2.05, 4.69) is 64.5 Å². The zero-order chi connectivity index (χ0) is 10.8. The van der Waals surface area contributed by atoms with E-state index in [0.29, 0.717) is 10.5 Å². The smallest absolute Gasteiger partial charge is 0.00767 e. The maximum absolute atomic E-state index is 2.42. The molecule has 0 spiro atoms. The van der Waals surface area contributed by atoms with Crippen molar-refractivity contribution >= 4 is 10.4 Å². The summed E-state index contributed by atoms with van der Waals surface area (Å²) in [6.45, 7) is 9.31. The zero-order valence-electron chi connectivity index (χ0n) is 10.5. The molecule has 0 N–H and O–H groups in total. The van der Waals surface area contributed by atoms with Crippen molar-refractivity contribution in [3.8, 4) is 0 Å². The fourth-order valence-electron chi connectivity index (χ4n) is 2.56. The first kappa shape index (κ1) is 13.3. The standard InChI is InChI=1S/C10H26N2S/c1-9(2)13(10(3)4,11(5)6)12(7)8/h9-10H,1-8H3. The molecule has 3 heteroatoms. The molecule has 0 unspecified atom stereocenters. The molecule has 0 rings (SSSR count). The highest BCUT2D eigenvalue weighted by Crippen LogP contribution is 2.59. The Kier molecular flexibility index (Phi) is 4.77. The van der Waals surface area contributed by atoms with Crippen molar-refractivity contribution in [2.24, 2.45) is 0 Å². The van der Waals surface area contributed by atoms with Gasteiger partial charge in [0.05, 0.1) is 0 Å². The van der Waals surface area contributed by atoms with Crippen LogP contribution in [0.15, 0.2) is 0 Å². The molecule has 0 aromatic heterocycles. The van der Waals surface area contributed by atoms with Gasteiger partial charge < -0.3 is 0 Å². The lowest BCUT2D eigenvalue weighted by atomic mass is 10.5. The van der Waals surface area contributed by atoms with Crippen LogP contribution in [0.3, 0.4) is 0 Å². The Balaban J connectivity index is 5.06. The van der Waals surface area contributed by atoms with Crippen molar-refractivity contribution < 1.29 is 0 Å². The number of nitrogens with zero attached hydrogens (tertiary/aromatic N) is 2. The molecule has 82 valence electrons. The van der Waals surface area contributed by atoms with Crippen LogP contribution in [0.25, 0.3) is 0 Å². The van der Waals surface area contributed by atoms with Gasteiger partial charge >= 0.3 is 0 Å². The second kappa shape index (κ2) is 4.67. The van der Waals surface area contributed by atoms with Crippen molar-refractivity contribution in [3.63, 3.8) is 0 Å². The summed E-state index contributed by atoms with van der Waals surface area (Å²) in [4.78, 5) is 0. The molecule has 0 radical (unpaired) electrons. The molecule has 0 bridgehead atoms. The molecule has 0 aromatic carbocycles. The average Bonchev–Trinajstić information content (AvgIpc) is 1.82. The van der Waals surface area contributed by atoms with Crippen LogP contribution in [0.2, 0.25) is 0 Å². The third-order valence-electron chi connectivity index (χ3n) is 2.56. The van der Waals surface area contributed by atoms with Gasteiger partial charge in [-0.15, -0.1) is 10.4 Å². The third-order valence-corrected chi connectivity index (χ3v) is 7.67. The van der Waals surface area contributed by atoms with Crippen molar-refractivity contribution in [1.29, 1.82) is 0 Å². The van der Waals surface area contributed by atoms with Crippen LogP contribution in [0, 0.1) is 0 Å². The molecule has 0 aliphatic heterocycles. The summed E-state index contributed by atoms with van der Waals surface area (Å²) in [7, 11) is 8.02. The minimum Gasteiger partial charge on any atom is -0.262 e. The maximum atomic E-state index is 2.42. The van der Waals surface area contributed by atoms with E-state index in [1.165, 1.54) is 0 Å². The lowest BCUT2D eigenvalue weighted by Gasteiger charge is -2.56. The second-order valence-electron chi connectivity index (χ2n) is 4.36. The predicted octanol–water partition coefficient (Wildman–Crippen LogP) is 2.56. The van der Waals surface area contributed by atoms with E-state index < -0.39 is 10.4 Å². The zero-order valence-corrected chi connectivity index (χ0v) is 11.3. The van der Waals surface area contributed by atoms with Gasteiger partial charge in [0, 0.05) is 10.5 Å². The molecule has 0 fully saturated rings. The molecule has 0 saturated carbocycles. The lowest BCUT2D eigenvalue weighted by Crippen LogP contribution is -2.42. The first-order chi connectivity index (χ1) is 5.77. The molecule has 0 atom stereocenters. The Hall–Kier alpha value is 0.270. The maximum Gasteiger partial charge on any atom is 0.00767 e. The largest absolute Gasteiger partial charge is 0.262 e. The predicted molar refractivity (Wildman–Crippen MR) is 65.2 cm³/mol. The summed E-state index contributed by atoms with van der Waals surface area (Å²) in [5, 5.41) is 1.41. The normalized spacial score (nSPS) is 15.1. The summed E-state index contributed by atoms with van der Waals surface area (Å²) in [5.74, 6) is 0. The molecule has 2 nitrogen and oxygen atoms in total. The van der Waals surface area contributed by atoms with E-state index in [4.69, 9.17) is 0 Å². The number of hydrogen-bond donors (Lipinski definition) is 0. The van der Waals surface area contributed by atoms with Gasteiger partial charge in [-0.1, -0.05) is 27.7 Å². The van der Waals surface area contributed by atoms with Gasteiger partial charge in [-0.3, -0.25) is 8.61 Å². The summed E-state index contributed by atoms with van der Waals surface area (Å²) < 4.78 is 4.84. The van der Waals surface area contributed by atoms with Crippen molar-refractivity contribution in [3.05, 3.63) is 0 Å². The van der Waals surface area contributed by atoms with E-state index in [0.717, 1.165) is 0 Å². The number of rotatable bonds is 4. The van der Waals surface area contributed by atoms with Gasteiger partial charge in [0.25, 0.3) is 0 Å². The van der Waals surface area contributed by atoms with Crippen LogP contribution in [-0.2, 0) is 0 Å². The minimum absolute atomic E-state index is 0.706. The van der Waals surface area contributed by atoms with Crippen LogP contribution < -0.4 is 0 Å². The SMILES string of the molecule is CC(C)S(C(C)C)(N(C)C)N(C)C. The van der Waals surface area contributed by atoms with Crippen LogP contribution >= 0.6 is 10.4 Å².